The maximum Gasteiger partial charge on any atom is 0.123 e. The van der Waals surface area contributed by atoms with E-state index in [0.29, 0.717) is 12.1 Å². The molecule has 4 rings (SSSR count). The SMILES string of the molecule is Fc1cccc(-c2n[nH]c3c2[C@H]2CC[C@H](C3)N2)c1. The van der Waals surface area contributed by atoms with Crippen LogP contribution in [0.15, 0.2) is 24.3 Å². The van der Waals surface area contributed by atoms with E-state index in [-0.39, 0.29) is 5.82 Å². The van der Waals surface area contributed by atoms with Crippen molar-refractivity contribution in [3.05, 3.63) is 41.3 Å². The van der Waals surface area contributed by atoms with Gasteiger partial charge in [-0.1, -0.05) is 12.1 Å². The van der Waals surface area contributed by atoms with Gasteiger partial charge in [-0.3, -0.25) is 5.10 Å². The number of nitrogens with zero attached hydrogens (tertiary/aromatic N) is 1. The second-order valence-electron chi connectivity index (χ2n) is 5.17. The highest BCUT2D eigenvalue weighted by molar-refractivity contribution is 5.65. The van der Waals surface area contributed by atoms with Crippen molar-refractivity contribution < 1.29 is 4.39 Å². The molecule has 2 bridgehead atoms. The maximum atomic E-state index is 13.3. The van der Waals surface area contributed by atoms with Gasteiger partial charge >= 0.3 is 0 Å². The third kappa shape index (κ3) is 1.42. The summed E-state index contributed by atoms with van der Waals surface area (Å²) in [5.74, 6) is -0.211. The van der Waals surface area contributed by atoms with Gasteiger partial charge < -0.3 is 5.32 Å². The topological polar surface area (TPSA) is 40.7 Å². The van der Waals surface area contributed by atoms with Crippen LogP contribution in [0.4, 0.5) is 4.39 Å². The zero-order chi connectivity index (χ0) is 12.1. The van der Waals surface area contributed by atoms with Crippen molar-refractivity contribution in [2.24, 2.45) is 0 Å². The standard InChI is InChI=1S/C14H14FN3/c15-9-3-1-2-8(6-9)14-13-11-5-4-10(16-11)7-12(13)17-18-14/h1-3,6,10-11,16H,4-5,7H2,(H,17,18)/t10-,11-/m1/s1. The summed E-state index contributed by atoms with van der Waals surface area (Å²) in [6, 6.07) is 7.64. The molecule has 2 N–H and O–H groups in total. The quantitative estimate of drug-likeness (QED) is 0.808. The molecular weight excluding hydrogens is 229 g/mol. The van der Waals surface area contributed by atoms with E-state index in [1.54, 1.807) is 12.1 Å². The second kappa shape index (κ2) is 3.65. The van der Waals surface area contributed by atoms with E-state index < -0.39 is 0 Å². The molecular formula is C14H14FN3. The fourth-order valence-corrected chi connectivity index (χ4v) is 3.23. The summed E-state index contributed by atoms with van der Waals surface area (Å²) in [5.41, 5.74) is 4.23. The molecule has 1 aromatic carbocycles. The predicted octanol–water partition coefficient (Wildman–Crippen LogP) is 2.57. The van der Waals surface area contributed by atoms with E-state index in [9.17, 15) is 4.39 Å². The monoisotopic (exact) mass is 243 g/mol. The normalized spacial score (nSPS) is 25.2. The fourth-order valence-electron chi connectivity index (χ4n) is 3.23. The molecule has 1 saturated heterocycles. The van der Waals surface area contributed by atoms with Gasteiger partial charge in [0.25, 0.3) is 0 Å². The predicted molar refractivity (Wildman–Crippen MR) is 66.6 cm³/mol. The number of nitrogens with one attached hydrogen (secondary N) is 2. The molecule has 0 unspecified atom stereocenters. The minimum atomic E-state index is -0.211. The first-order valence-corrected chi connectivity index (χ1v) is 6.40. The number of H-pyrrole nitrogens is 1. The number of halogens is 1. The number of benzene rings is 1. The van der Waals surface area contributed by atoms with Crippen LogP contribution in [0, 0.1) is 5.82 Å². The summed E-state index contributed by atoms with van der Waals surface area (Å²) in [4.78, 5) is 0. The molecule has 2 aliphatic heterocycles. The lowest BCUT2D eigenvalue weighted by atomic mass is 9.96. The largest absolute Gasteiger partial charge is 0.307 e. The van der Waals surface area contributed by atoms with Gasteiger partial charge in [0, 0.05) is 35.3 Å². The van der Waals surface area contributed by atoms with Gasteiger partial charge in [-0.25, -0.2) is 4.39 Å². The first kappa shape index (κ1) is 10.3. The van der Waals surface area contributed by atoms with Crippen molar-refractivity contribution in [1.82, 2.24) is 15.5 Å². The molecule has 18 heavy (non-hydrogen) atoms. The highest BCUT2D eigenvalue weighted by Gasteiger charge is 2.35. The molecule has 0 aliphatic carbocycles. The van der Waals surface area contributed by atoms with E-state index in [0.717, 1.165) is 24.1 Å². The number of hydrogen-bond acceptors (Lipinski definition) is 2. The van der Waals surface area contributed by atoms with Crippen molar-refractivity contribution in [3.8, 4) is 11.3 Å². The Morgan fingerprint density at radius 3 is 3.11 bits per heavy atom. The molecule has 2 aliphatic rings. The fraction of sp³-hybridized carbons (Fsp3) is 0.357. The Balaban J connectivity index is 1.86. The van der Waals surface area contributed by atoms with Crippen LogP contribution in [0.1, 0.15) is 30.1 Å². The summed E-state index contributed by atoms with van der Waals surface area (Å²) in [6.45, 7) is 0. The first-order valence-electron chi connectivity index (χ1n) is 6.40. The highest BCUT2D eigenvalue weighted by Crippen LogP contribution is 2.40. The molecule has 3 nitrogen and oxygen atoms in total. The maximum absolute atomic E-state index is 13.3. The summed E-state index contributed by atoms with van der Waals surface area (Å²) < 4.78 is 13.3. The van der Waals surface area contributed by atoms with Crippen molar-refractivity contribution in [1.29, 1.82) is 0 Å². The molecule has 0 amide bonds. The van der Waals surface area contributed by atoms with Gasteiger partial charge in [-0.05, 0) is 25.0 Å². The summed E-state index contributed by atoms with van der Waals surface area (Å²) in [7, 11) is 0. The van der Waals surface area contributed by atoms with Crippen LogP contribution in [0.5, 0.6) is 0 Å². The molecule has 2 aromatic rings. The van der Waals surface area contributed by atoms with Gasteiger partial charge in [0.2, 0.25) is 0 Å². The molecule has 3 heterocycles. The second-order valence-corrected chi connectivity index (χ2v) is 5.17. The number of hydrogen-bond donors (Lipinski definition) is 2. The van der Waals surface area contributed by atoms with Crippen molar-refractivity contribution >= 4 is 0 Å². The highest BCUT2D eigenvalue weighted by atomic mass is 19.1. The Morgan fingerprint density at radius 1 is 1.28 bits per heavy atom. The van der Waals surface area contributed by atoms with Crippen molar-refractivity contribution in [3.63, 3.8) is 0 Å². The lowest BCUT2D eigenvalue weighted by Crippen LogP contribution is -2.31. The number of aromatic nitrogens is 2. The van der Waals surface area contributed by atoms with Gasteiger partial charge in [0.1, 0.15) is 5.82 Å². The number of aromatic amines is 1. The van der Waals surface area contributed by atoms with Crippen molar-refractivity contribution in [2.45, 2.75) is 31.3 Å². The molecule has 0 radical (unpaired) electrons. The van der Waals surface area contributed by atoms with Crippen LogP contribution in [0.3, 0.4) is 0 Å². The third-order valence-corrected chi connectivity index (χ3v) is 4.02. The Bertz CT molecular complexity index is 605. The molecule has 1 fully saturated rings. The lowest BCUT2D eigenvalue weighted by molar-refractivity contribution is 0.511. The van der Waals surface area contributed by atoms with E-state index in [1.807, 2.05) is 6.07 Å². The number of rotatable bonds is 1. The third-order valence-electron chi connectivity index (χ3n) is 4.02. The minimum absolute atomic E-state index is 0.211. The molecule has 4 heteroatoms. The summed E-state index contributed by atoms with van der Waals surface area (Å²) >= 11 is 0. The average molecular weight is 243 g/mol. The number of fused-ring (bicyclic) bond motifs is 4. The van der Waals surface area contributed by atoms with E-state index in [1.165, 1.54) is 23.7 Å². The van der Waals surface area contributed by atoms with Crippen LogP contribution in [0.25, 0.3) is 11.3 Å². The molecule has 2 atom stereocenters. The Morgan fingerprint density at radius 2 is 2.22 bits per heavy atom. The van der Waals surface area contributed by atoms with E-state index >= 15 is 0 Å². The Labute approximate surface area is 104 Å². The summed E-state index contributed by atoms with van der Waals surface area (Å²) in [5, 5.41) is 11.1. The first-order chi connectivity index (χ1) is 8.81. The van der Waals surface area contributed by atoms with Gasteiger partial charge in [-0.2, -0.15) is 5.10 Å². The van der Waals surface area contributed by atoms with Crippen LogP contribution in [0.2, 0.25) is 0 Å². The average Bonchev–Trinajstić information content (AvgIpc) is 2.95. The smallest absolute Gasteiger partial charge is 0.123 e. The zero-order valence-corrected chi connectivity index (χ0v) is 9.91. The van der Waals surface area contributed by atoms with E-state index in [2.05, 4.69) is 15.5 Å². The molecule has 92 valence electrons. The van der Waals surface area contributed by atoms with Crippen LogP contribution in [-0.4, -0.2) is 16.2 Å². The molecule has 1 aromatic heterocycles. The lowest BCUT2D eigenvalue weighted by Gasteiger charge is -2.21. The van der Waals surface area contributed by atoms with E-state index in [4.69, 9.17) is 0 Å². The molecule has 0 saturated carbocycles. The van der Waals surface area contributed by atoms with Crippen LogP contribution < -0.4 is 5.32 Å². The Hall–Kier alpha value is -1.68. The zero-order valence-electron chi connectivity index (χ0n) is 9.91. The van der Waals surface area contributed by atoms with Gasteiger partial charge in [-0.15, -0.1) is 0 Å². The van der Waals surface area contributed by atoms with Gasteiger partial charge in [0.15, 0.2) is 0 Å². The minimum Gasteiger partial charge on any atom is -0.307 e. The summed E-state index contributed by atoms with van der Waals surface area (Å²) in [6.07, 6.45) is 3.38. The van der Waals surface area contributed by atoms with Crippen LogP contribution in [-0.2, 0) is 6.42 Å². The van der Waals surface area contributed by atoms with Crippen LogP contribution >= 0.6 is 0 Å². The van der Waals surface area contributed by atoms with Crippen molar-refractivity contribution in [2.75, 3.05) is 0 Å². The molecule has 0 spiro atoms. The Kier molecular flexibility index (Phi) is 2.08. The van der Waals surface area contributed by atoms with Gasteiger partial charge in [0.05, 0.1) is 5.69 Å².